The Kier molecular flexibility index (Phi) is 3.03. The Balaban J connectivity index is 2.02. The molecule has 1 aromatic carbocycles. The van der Waals surface area contributed by atoms with Crippen molar-refractivity contribution < 1.29 is 9.66 Å². The molecule has 0 amide bonds. The van der Waals surface area contributed by atoms with Gasteiger partial charge in [0.05, 0.1) is 16.6 Å². The number of para-hydroxylation sites is 1. The molecule has 0 fully saturated rings. The number of nitrogens with zero attached hydrogens (tertiary/aromatic N) is 4. The predicted octanol–water partition coefficient (Wildman–Crippen LogP) is 2.31. The number of fused-ring (bicyclic) bond motifs is 1. The van der Waals surface area contributed by atoms with Crippen LogP contribution < -0.4 is 10.5 Å². The molecule has 0 saturated carbocycles. The van der Waals surface area contributed by atoms with Crippen LogP contribution in [0.25, 0.3) is 10.9 Å². The minimum atomic E-state index is -0.681. The van der Waals surface area contributed by atoms with Gasteiger partial charge in [-0.25, -0.2) is 4.98 Å². The van der Waals surface area contributed by atoms with Crippen molar-refractivity contribution in [3.63, 3.8) is 0 Å². The molecule has 0 atom stereocenters. The average Bonchev–Trinajstić information content (AvgIpc) is 2.47. The molecule has 104 valence electrons. The molecule has 3 rings (SSSR count). The molecule has 2 heterocycles. The van der Waals surface area contributed by atoms with Gasteiger partial charge in [-0.15, -0.1) is 0 Å². The number of nitrogens with two attached hydrogens (primary N) is 1. The van der Waals surface area contributed by atoms with Crippen molar-refractivity contribution in [3.8, 4) is 11.6 Å². The summed E-state index contributed by atoms with van der Waals surface area (Å²) in [5, 5.41) is 11.8. The fraction of sp³-hybridized carbons (Fsp3) is 0. The van der Waals surface area contributed by atoms with Gasteiger partial charge in [0.15, 0.2) is 0 Å². The van der Waals surface area contributed by atoms with Crippen LogP contribution >= 0.6 is 0 Å². The Morgan fingerprint density at radius 1 is 1.19 bits per heavy atom. The molecule has 3 aromatic rings. The van der Waals surface area contributed by atoms with E-state index in [4.69, 9.17) is 10.5 Å². The standard InChI is InChI=1S/C13H9N5O3/c14-12-11(18(19)20)13(17-7-16-12)21-9-5-8-3-1-2-4-10(8)15-6-9/h1-7H,(H2,14,16,17). The number of anilines is 1. The van der Waals surface area contributed by atoms with Gasteiger partial charge in [-0.3, -0.25) is 15.1 Å². The van der Waals surface area contributed by atoms with Gasteiger partial charge in [0.1, 0.15) is 12.1 Å². The number of pyridine rings is 1. The van der Waals surface area contributed by atoms with Gasteiger partial charge >= 0.3 is 11.6 Å². The summed E-state index contributed by atoms with van der Waals surface area (Å²) in [5.74, 6) is -0.141. The minimum absolute atomic E-state index is 0.218. The number of hydrogen-bond acceptors (Lipinski definition) is 7. The van der Waals surface area contributed by atoms with Gasteiger partial charge in [-0.05, 0) is 12.1 Å². The van der Waals surface area contributed by atoms with Gasteiger partial charge < -0.3 is 10.5 Å². The largest absolute Gasteiger partial charge is 0.432 e. The van der Waals surface area contributed by atoms with Crippen LogP contribution in [0, 0.1) is 10.1 Å². The average molecular weight is 283 g/mol. The molecule has 0 aliphatic heterocycles. The third-order valence-corrected chi connectivity index (χ3v) is 2.78. The second-order valence-electron chi connectivity index (χ2n) is 4.14. The van der Waals surface area contributed by atoms with E-state index >= 15 is 0 Å². The van der Waals surface area contributed by atoms with E-state index in [0.717, 1.165) is 17.2 Å². The first-order chi connectivity index (χ1) is 10.1. The van der Waals surface area contributed by atoms with Crippen molar-refractivity contribution in [2.45, 2.75) is 0 Å². The first-order valence-electron chi connectivity index (χ1n) is 5.92. The lowest BCUT2D eigenvalue weighted by molar-refractivity contribution is -0.385. The lowest BCUT2D eigenvalue weighted by Crippen LogP contribution is -2.02. The van der Waals surface area contributed by atoms with E-state index in [1.54, 1.807) is 6.07 Å². The maximum Gasteiger partial charge on any atom is 0.372 e. The first-order valence-corrected chi connectivity index (χ1v) is 5.92. The number of aromatic nitrogens is 3. The van der Waals surface area contributed by atoms with E-state index in [9.17, 15) is 10.1 Å². The third-order valence-electron chi connectivity index (χ3n) is 2.78. The van der Waals surface area contributed by atoms with Gasteiger partial charge in [0.2, 0.25) is 5.82 Å². The van der Waals surface area contributed by atoms with Crippen molar-refractivity contribution in [1.29, 1.82) is 0 Å². The van der Waals surface area contributed by atoms with Crippen LogP contribution in [0.5, 0.6) is 11.6 Å². The molecule has 0 saturated heterocycles. The highest BCUT2D eigenvalue weighted by Crippen LogP contribution is 2.32. The molecule has 8 nitrogen and oxygen atoms in total. The third kappa shape index (κ3) is 2.41. The van der Waals surface area contributed by atoms with Crippen molar-refractivity contribution in [2.75, 3.05) is 5.73 Å². The van der Waals surface area contributed by atoms with Gasteiger partial charge in [0, 0.05) is 5.39 Å². The lowest BCUT2D eigenvalue weighted by Gasteiger charge is -2.06. The summed E-state index contributed by atoms with van der Waals surface area (Å²) >= 11 is 0. The number of rotatable bonds is 3. The van der Waals surface area contributed by atoms with Crippen molar-refractivity contribution in [1.82, 2.24) is 15.0 Å². The topological polar surface area (TPSA) is 117 Å². The fourth-order valence-corrected chi connectivity index (χ4v) is 1.84. The summed E-state index contributed by atoms with van der Waals surface area (Å²) in [5.41, 5.74) is 5.80. The quantitative estimate of drug-likeness (QED) is 0.578. The molecule has 0 aliphatic carbocycles. The van der Waals surface area contributed by atoms with E-state index in [1.165, 1.54) is 6.20 Å². The molecular weight excluding hydrogens is 274 g/mol. The maximum atomic E-state index is 11.0. The van der Waals surface area contributed by atoms with E-state index in [-0.39, 0.29) is 11.7 Å². The molecule has 0 bridgehead atoms. The van der Waals surface area contributed by atoms with Crippen molar-refractivity contribution >= 4 is 22.4 Å². The molecule has 0 radical (unpaired) electrons. The number of ether oxygens (including phenoxy) is 1. The van der Waals surface area contributed by atoms with Crippen LogP contribution in [0.3, 0.4) is 0 Å². The number of hydrogen-bond donors (Lipinski definition) is 1. The highest BCUT2D eigenvalue weighted by Gasteiger charge is 2.23. The predicted molar refractivity (Wildman–Crippen MR) is 74.9 cm³/mol. The Morgan fingerprint density at radius 3 is 2.81 bits per heavy atom. The van der Waals surface area contributed by atoms with Crippen molar-refractivity contribution in [2.24, 2.45) is 0 Å². The van der Waals surface area contributed by atoms with E-state index < -0.39 is 10.6 Å². The minimum Gasteiger partial charge on any atom is -0.432 e. The number of nitro groups is 1. The second-order valence-corrected chi connectivity index (χ2v) is 4.14. The SMILES string of the molecule is Nc1ncnc(Oc2cnc3ccccc3c2)c1[N+](=O)[O-]. The first kappa shape index (κ1) is 12.7. The van der Waals surface area contributed by atoms with Crippen LogP contribution in [0.15, 0.2) is 42.9 Å². The Hall–Kier alpha value is -3.29. The van der Waals surface area contributed by atoms with Crippen LogP contribution in [-0.2, 0) is 0 Å². The van der Waals surface area contributed by atoms with E-state index in [1.807, 2.05) is 24.3 Å². The Bertz CT molecular complexity index is 837. The van der Waals surface area contributed by atoms with E-state index in [0.29, 0.717) is 5.75 Å². The van der Waals surface area contributed by atoms with Crippen LogP contribution in [0.4, 0.5) is 11.5 Å². The maximum absolute atomic E-state index is 11.0. The zero-order valence-electron chi connectivity index (χ0n) is 10.6. The monoisotopic (exact) mass is 283 g/mol. The number of benzene rings is 1. The summed E-state index contributed by atoms with van der Waals surface area (Å²) in [6, 6.07) is 9.15. The van der Waals surface area contributed by atoms with Crippen LogP contribution in [-0.4, -0.2) is 19.9 Å². The molecule has 2 N–H and O–H groups in total. The summed E-state index contributed by atoms with van der Waals surface area (Å²) in [4.78, 5) is 21.9. The Labute approximate surface area is 118 Å². The van der Waals surface area contributed by atoms with Crippen LogP contribution in [0.2, 0.25) is 0 Å². The normalized spacial score (nSPS) is 10.5. The number of nitrogen functional groups attached to an aromatic ring is 1. The highest BCUT2D eigenvalue weighted by atomic mass is 16.6. The molecule has 2 aromatic heterocycles. The zero-order chi connectivity index (χ0) is 14.8. The van der Waals surface area contributed by atoms with E-state index in [2.05, 4.69) is 15.0 Å². The molecule has 0 aliphatic rings. The molecule has 8 heteroatoms. The Morgan fingerprint density at radius 2 is 2.00 bits per heavy atom. The summed E-state index contributed by atoms with van der Waals surface area (Å²) in [6.45, 7) is 0. The molecular formula is C13H9N5O3. The lowest BCUT2D eigenvalue weighted by atomic mass is 10.2. The fourth-order valence-electron chi connectivity index (χ4n) is 1.84. The molecule has 0 spiro atoms. The second kappa shape index (κ2) is 5.00. The van der Waals surface area contributed by atoms with Gasteiger partial charge in [-0.2, -0.15) is 4.98 Å². The molecule has 0 unspecified atom stereocenters. The summed E-state index contributed by atoms with van der Waals surface area (Å²) < 4.78 is 5.42. The highest BCUT2D eigenvalue weighted by molar-refractivity contribution is 5.79. The van der Waals surface area contributed by atoms with Gasteiger partial charge in [0.25, 0.3) is 0 Å². The van der Waals surface area contributed by atoms with Gasteiger partial charge in [-0.1, -0.05) is 18.2 Å². The molecule has 21 heavy (non-hydrogen) atoms. The smallest absolute Gasteiger partial charge is 0.372 e. The zero-order valence-corrected chi connectivity index (χ0v) is 10.6. The van der Waals surface area contributed by atoms with Crippen molar-refractivity contribution in [3.05, 3.63) is 53.0 Å². The summed E-state index contributed by atoms with van der Waals surface area (Å²) in [6.07, 6.45) is 2.57. The van der Waals surface area contributed by atoms with Crippen LogP contribution in [0.1, 0.15) is 0 Å². The summed E-state index contributed by atoms with van der Waals surface area (Å²) in [7, 11) is 0.